The van der Waals surface area contributed by atoms with E-state index >= 15 is 0 Å². The fourth-order valence-corrected chi connectivity index (χ4v) is 4.65. The topological polar surface area (TPSA) is 87.2 Å². The summed E-state index contributed by atoms with van der Waals surface area (Å²) in [5, 5.41) is 17.7. The number of fused-ring (bicyclic) bond motifs is 7. The number of nitrogens with one attached hydrogen (secondary N) is 3. The number of benzene rings is 2. The van der Waals surface area contributed by atoms with Crippen molar-refractivity contribution in [1.82, 2.24) is 35.3 Å². The van der Waals surface area contributed by atoms with E-state index in [0.29, 0.717) is 6.54 Å². The first kappa shape index (κ1) is 20.4. The Morgan fingerprint density at radius 1 is 1.09 bits per heavy atom. The molecule has 1 aliphatic rings. The summed E-state index contributed by atoms with van der Waals surface area (Å²) in [7, 11) is 1.97. The van der Waals surface area contributed by atoms with Crippen molar-refractivity contribution in [3.8, 4) is 22.6 Å². The second kappa shape index (κ2) is 7.97. The van der Waals surface area contributed by atoms with E-state index in [0.717, 1.165) is 67.6 Å². The fourth-order valence-electron chi connectivity index (χ4n) is 4.65. The maximum absolute atomic E-state index is 5.01. The average molecular weight is 448 g/mol. The van der Waals surface area contributed by atoms with Crippen LogP contribution < -0.4 is 15.9 Å². The number of para-hydroxylation sites is 1. The minimum atomic E-state index is 0.683. The Morgan fingerprint density at radius 3 is 2.85 bits per heavy atom. The molecule has 6 rings (SSSR count). The molecule has 0 radical (unpaired) electrons. The second-order valence-electron chi connectivity index (χ2n) is 8.58. The normalized spacial score (nSPS) is 15.3. The summed E-state index contributed by atoms with van der Waals surface area (Å²) in [5.41, 5.74) is 9.09. The monoisotopic (exact) mass is 447 g/mol. The number of nitrogens with zero attached hydrogens (tertiary/aromatic N) is 4. The molecule has 1 aliphatic heterocycles. The lowest BCUT2D eigenvalue weighted by Gasteiger charge is -2.10. The van der Waals surface area contributed by atoms with Gasteiger partial charge in [0.05, 0.1) is 28.3 Å². The number of aromatic amines is 2. The van der Waals surface area contributed by atoms with Crippen LogP contribution in [-0.4, -0.2) is 29.9 Å². The number of imidazole rings is 1. The van der Waals surface area contributed by atoms with Crippen LogP contribution in [0.15, 0.2) is 55.2 Å². The van der Waals surface area contributed by atoms with Gasteiger partial charge in [0, 0.05) is 36.5 Å². The van der Waals surface area contributed by atoms with Gasteiger partial charge in [-0.25, -0.2) is 4.98 Å². The number of H-pyrrole nitrogens is 2. The molecule has 0 aliphatic carbocycles. The molecule has 5 aromatic rings. The van der Waals surface area contributed by atoms with Gasteiger partial charge in [0.15, 0.2) is 5.82 Å². The summed E-state index contributed by atoms with van der Waals surface area (Å²) < 4.78 is 1.91. The zero-order chi connectivity index (χ0) is 23.2. The molecule has 0 atom stereocenters. The van der Waals surface area contributed by atoms with Crippen molar-refractivity contribution in [2.75, 3.05) is 0 Å². The predicted molar refractivity (Wildman–Crippen MR) is 136 cm³/mol. The molecule has 0 spiro atoms. The van der Waals surface area contributed by atoms with Gasteiger partial charge in [0.1, 0.15) is 5.69 Å². The van der Waals surface area contributed by atoms with Crippen molar-refractivity contribution in [1.29, 1.82) is 0 Å². The summed E-state index contributed by atoms with van der Waals surface area (Å²) in [4.78, 5) is 8.49. The highest BCUT2D eigenvalue weighted by atomic mass is 15.3. The Bertz CT molecular complexity index is 1680. The number of aryl methyl sites for hydroxylation is 1. The maximum atomic E-state index is 5.01. The summed E-state index contributed by atoms with van der Waals surface area (Å²) in [6, 6.07) is 14.8. The molecule has 7 heteroatoms. The highest BCUT2D eigenvalue weighted by Crippen LogP contribution is 2.29. The van der Waals surface area contributed by atoms with Crippen LogP contribution in [0.1, 0.15) is 23.7 Å². The van der Waals surface area contributed by atoms with Crippen molar-refractivity contribution >= 4 is 28.8 Å². The van der Waals surface area contributed by atoms with Gasteiger partial charge in [0.2, 0.25) is 0 Å². The summed E-state index contributed by atoms with van der Waals surface area (Å²) in [6.45, 7) is 7.80. The lowest BCUT2D eigenvalue weighted by atomic mass is 10.0. The van der Waals surface area contributed by atoms with Crippen molar-refractivity contribution in [3.05, 3.63) is 82.6 Å². The van der Waals surface area contributed by atoms with Crippen LogP contribution in [0.2, 0.25) is 0 Å². The average Bonchev–Trinajstić information content (AvgIpc) is 3.55. The van der Waals surface area contributed by atoms with E-state index < -0.39 is 0 Å². The van der Waals surface area contributed by atoms with Gasteiger partial charge in [-0.2, -0.15) is 10.2 Å². The Hall–Kier alpha value is -4.23. The van der Waals surface area contributed by atoms with E-state index in [1.807, 2.05) is 30.9 Å². The van der Waals surface area contributed by atoms with Gasteiger partial charge in [0.25, 0.3) is 0 Å². The van der Waals surface area contributed by atoms with E-state index in [1.54, 1.807) is 0 Å². The van der Waals surface area contributed by atoms with Gasteiger partial charge in [-0.1, -0.05) is 43.0 Å². The van der Waals surface area contributed by atoms with E-state index in [2.05, 4.69) is 80.7 Å². The lowest BCUT2D eigenvalue weighted by molar-refractivity contribution is 0.625. The second-order valence-corrected chi connectivity index (χ2v) is 8.58. The summed E-state index contributed by atoms with van der Waals surface area (Å²) in [5.74, 6) is 0.724. The van der Waals surface area contributed by atoms with Crippen molar-refractivity contribution < 1.29 is 0 Å². The smallest absolute Gasteiger partial charge is 0.159 e. The van der Waals surface area contributed by atoms with Crippen LogP contribution in [0.5, 0.6) is 0 Å². The Labute approximate surface area is 196 Å². The zero-order valence-electron chi connectivity index (χ0n) is 19.2. The van der Waals surface area contributed by atoms with E-state index in [1.165, 1.54) is 5.56 Å². The van der Waals surface area contributed by atoms with Crippen LogP contribution in [-0.2, 0) is 20.1 Å². The molecule has 0 amide bonds. The van der Waals surface area contributed by atoms with E-state index in [9.17, 15) is 0 Å². The largest absolute Gasteiger partial charge is 0.337 e. The molecule has 0 fully saturated rings. The summed E-state index contributed by atoms with van der Waals surface area (Å²) >= 11 is 0. The molecule has 168 valence electrons. The number of hydrogen-bond donors (Lipinski definition) is 3. The van der Waals surface area contributed by atoms with Gasteiger partial charge in [-0.3, -0.25) is 9.78 Å². The molecule has 3 aromatic heterocycles. The lowest BCUT2D eigenvalue weighted by Crippen LogP contribution is -2.24. The van der Waals surface area contributed by atoms with Crippen molar-refractivity contribution in [3.63, 3.8) is 0 Å². The Balaban J connectivity index is 1.65. The molecule has 0 saturated carbocycles. The first-order chi connectivity index (χ1) is 16.6. The third-order valence-corrected chi connectivity index (χ3v) is 6.44. The third kappa shape index (κ3) is 3.29. The SMILES string of the molecule is C=C1/C=c2/c(n[nH]/c2=C/C)-c2nc3c(cccc3[nH]2)-c2cccc(c2)CNCc2c1cnn2C. The minimum absolute atomic E-state index is 0.683. The van der Waals surface area contributed by atoms with Crippen LogP contribution in [0.4, 0.5) is 0 Å². The highest BCUT2D eigenvalue weighted by molar-refractivity contribution is 5.94. The molecule has 0 unspecified atom stereocenters. The number of hydrogen-bond acceptors (Lipinski definition) is 4. The first-order valence-electron chi connectivity index (χ1n) is 11.3. The maximum Gasteiger partial charge on any atom is 0.159 e. The fraction of sp³-hybridized carbons (Fsp3) is 0.148. The molecule has 4 heterocycles. The minimum Gasteiger partial charge on any atom is -0.337 e. The molecule has 34 heavy (non-hydrogen) atoms. The zero-order valence-corrected chi connectivity index (χ0v) is 19.2. The quantitative estimate of drug-likeness (QED) is 0.340. The van der Waals surface area contributed by atoms with E-state index in [4.69, 9.17) is 4.98 Å². The summed E-state index contributed by atoms with van der Waals surface area (Å²) in [6.07, 6.45) is 5.96. The van der Waals surface area contributed by atoms with Crippen molar-refractivity contribution in [2.24, 2.45) is 7.05 Å². The molecule has 0 saturated heterocycles. The molecular weight excluding hydrogens is 422 g/mol. The molecular formula is C27H25N7. The van der Waals surface area contributed by atoms with Gasteiger partial charge in [-0.15, -0.1) is 0 Å². The molecule has 2 aromatic carbocycles. The number of aromatic nitrogens is 6. The van der Waals surface area contributed by atoms with Crippen LogP contribution in [0.25, 0.3) is 51.4 Å². The highest BCUT2D eigenvalue weighted by Gasteiger charge is 2.16. The van der Waals surface area contributed by atoms with Crippen LogP contribution >= 0.6 is 0 Å². The van der Waals surface area contributed by atoms with Gasteiger partial charge < -0.3 is 10.3 Å². The number of allylic oxidation sites excluding steroid dienone is 1. The van der Waals surface area contributed by atoms with Crippen LogP contribution in [0, 0.1) is 0 Å². The molecule has 4 bridgehead atoms. The predicted octanol–water partition coefficient (Wildman–Crippen LogP) is 3.25. The van der Waals surface area contributed by atoms with Gasteiger partial charge in [-0.05, 0) is 41.8 Å². The first-order valence-corrected chi connectivity index (χ1v) is 11.3. The number of rotatable bonds is 0. The molecule has 7 nitrogen and oxygen atoms in total. The van der Waals surface area contributed by atoms with Gasteiger partial charge >= 0.3 is 0 Å². The Kier molecular flexibility index (Phi) is 4.78. The van der Waals surface area contributed by atoms with Crippen LogP contribution in [0.3, 0.4) is 0 Å². The molecule has 3 N–H and O–H groups in total. The standard InChI is InChI=1S/C27H25N7/c1-4-22-20-11-16(2)21-14-29-34(3)24(21)15-28-13-17-7-5-8-18(12-17)19-9-6-10-23-25(19)31-27(30-23)26(20)33-32-22/h4-12,14,28,32H,2,13,15H2,1,3H3,(H,30,31)/b20-11+,22-4+. The van der Waals surface area contributed by atoms with Crippen molar-refractivity contribution in [2.45, 2.75) is 20.0 Å². The Morgan fingerprint density at radius 2 is 1.97 bits per heavy atom. The third-order valence-electron chi connectivity index (χ3n) is 6.44. The van der Waals surface area contributed by atoms with E-state index in [-0.39, 0.29) is 0 Å².